The van der Waals surface area contributed by atoms with E-state index < -0.39 is 0 Å². The van der Waals surface area contributed by atoms with Crippen LogP contribution >= 0.6 is 0 Å². The Morgan fingerprint density at radius 2 is 1.85 bits per heavy atom. The molecular weight excluding hydrogens is 252 g/mol. The first kappa shape index (κ1) is 16.7. The molecule has 0 heterocycles. The summed E-state index contributed by atoms with van der Waals surface area (Å²) in [5.74, 6) is 0.381. The fourth-order valence-corrected chi connectivity index (χ4v) is 1.85. The largest absolute Gasteiger partial charge is 0.380 e. The van der Waals surface area contributed by atoms with Crippen molar-refractivity contribution in [3.05, 3.63) is 30.3 Å². The van der Waals surface area contributed by atoms with Gasteiger partial charge >= 0.3 is 0 Å². The number of amides is 1. The summed E-state index contributed by atoms with van der Waals surface area (Å²) in [6.45, 7) is 9.41. The lowest BCUT2D eigenvalue weighted by Crippen LogP contribution is -2.48. The lowest BCUT2D eigenvalue weighted by Gasteiger charge is -2.25. The number of hydrogen-bond acceptors (Lipinski definition) is 3. The summed E-state index contributed by atoms with van der Waals surface area (Å²) < 4.78 is 5.46. The number of nitrogens with one attached hydrogen (secondary N) is 2. The molecule has 2 unspecified atom stereocenters. The number of anilines is 1. The lowest BCUT2D eigenvalue weighted by molar-refractivity contribution is -0.118. The predicted molar refractivity (Wildman–Crippen MR) is 82.8 cm³/mol. The van der Waals surface area contributed by atoms with Gasteiger partial charge in [-0.2, -0.15) is 0 Å². The Hall–Kier alpha value is -1.39. The molecule has 20 heavy (non-hydrogen) atoms. The zero-order valence-corrected chi connectivity index (χ0v) is 12.8. The van der Waals surface area contributed by atoms with Crippen LogP contribution in [0.15, 0.2) is 30.3 Å². The monoisotopic (exact) mass is 278 g/mol. The average Bonchev–Trinajstić information content (AvgIpc) is 2.43. The van der Waals surface area contributed by atoms with Crippen LogP contribution < -0.4 is 10.6 Å². The summed E-state index contributed by atoms with van der Waals surface area (Å²) in [7, 11) is 0. The number of carbonyl (C=O) groups is 1. The summed E-state index contributed by atoms with van der Waals surface area (Å²) >= 11 is 0. The Balaban J connectivity index is 2.50. The van der Waals surface area contributed by atoms with Crippen molar-refractivity contribution in [2.24, 2.45) is 5.92 Å². The van der Waals surface area contributed by atoms with Gasteiger partial charge in [0.1, 0.15) is 0 Å². The Kier molecular flexibility index (Phi) is 7.26. The maximum atomic E-state index is 12.1. The Labute approximate surface area is 121 Å². The van der Waals surface area contributed by atoms with Gasteiger partial charge in [-0.25, -0.2) is 0 Å². The molecule has 0 saturated carbocycles. The van der Waals surface area contributed by atoms with Crippen molar-refractivity contribution >= 4 is 11.6 Å². The van der Waals surface area contributed by atoms with Crippen LogP contribution in [0.2, 0.25) is 0 Å². The van der Waals surface area contributed by atoms with E-state index in [0.717, 1.165) is 5.69 Å². The molecular formula is C16H26N2O2. The van der Waals surface area contributed by atoms with Gasteiger partial charge in [0.15, 0.2) is 0 Å². The van der Waals surface area contributed by atoms with E-state index in [2.05, 4.69) is 24.5 Å². The van der Waals surface area contributed by atoms with Gasteiger partial charge in [-0.1, -0.05) is 32.0 Å². The Morgan fingerprint density at radius 1 is 1.20 bits per heavy atom. The molecule has 0 radical (unpaired) electrons. The van der Waals surface area contributed by atoms with Gasteiger partial charge in [-0.3, -0.25) is 4.79 Å². The number of hydrogen-bond donors (Lipinski definition) is 2. The normalized spacial score (nSPS) is 14.1. The Bertz CT molecular complexity index is 393. The molecule has 4 heteroatoms. The molecule has 0 saturated heterocycles. The highest BCUT2D eigenvalue weighted by atomic mass is 16.5. The maximum absolute atomic E-state index is 12.1. The molecule has 2 N–H and O–H groups in total. The second kappa shape index (κ2) is 8.72. The SMILES string of the molecule is CCOCC(NC(C)C(=O)Nc1ccccc1)C(C)C. The molecule has 0 bridgehead atoms. The molecule has 1 amide bonds. The fraction of sp³-hybridized carbons (Fsp3) is 0.562. The summed E-state index contributed by atoms with van der Waals surface area (Å²) in [6.07, 6.45) is 0. The van der Waals surface area contributed by atoms with Crippen molar-refractivity contribution in [1.29, 1.82) is 0 Å². The number of carbonyl (C=O) groups excluding carboxylic acids is 1. The van der Waals surface area contributed by atoms with Crippen LogP contribution in [0.5, 0.6) is 0 Å². The summed E-state index contributed by atoms with van der Waals surface area (Å²) in [5, 5.41) is 6.23. The van der Waals surface area contributed by atoms with Crippen LogP contribution in [0, 0.1) is 5.92 Å². The van der Waals surface area contributed by atoms with Crippen LogP contribution in [-0.4, -0.2) is 31.2 Å². The summed E-state index contributed by atoms with van der Waals surface area (Å²) in [6, 6.07) is 9.40. The molecule has 2 atom stereocenters. The van der Waals surface area contributed by atoms with Crippen molar-refractivity contribution in [2.45, 2.75) is 39.8 Å². The molecule has 112 valence electrons. The van der Waals surface area contributed by atoms with E-state index in [9.17, 15) is 4.79 Å². The second-order valence-electron chi connectivity index (χ2n) is 5.25. The first-order valence-corrected chi connectivity index (χ1v) is 7.24. The van der Waals surface area contributed by atoms with Crippen molar-refractivity contribution in [3.63, 3.8) is 0 Å². The molecule has 0 aromatic heterocycles. The second-order valence-corrected chi connectivity index (χ2v) is 5.25. The van der Waals surface area contributed by atoms with Crippen LogP contribution in [-0.2, 0) is 9.53 Å². The highest BCUT2D eigenvalue weighted by molar-refractivity contribution is 5.94. The van der Waals surface area contributed by atoms with Crippen molar-refractivity contribution < 1.29 is 9.53 Å². The third kappa shape index (κ3) is 5.72. The molecule has 0 spiro atoms. The lowest BCUT2D eigenvalue weighted by atomic mass is 10.0. The van der Waals surface area contributed by atoms with E-state index >= 15 is 0 Å². The molecule has 0 aliphatic heterocycles. The molecule has 4 nitrogen and oxygen atoms in total. The van der Waals surface area contributed by atoms with Gasteiger partial charge in [0.2, 0.25) is 5.91 Å². The quantitative estimate of drug-likeness (QED) is 0.768. The van der Waals surface area contributed by atoms with Crippen LogP contribution in [0.25, 0.3) is 0 Å². The maximum Gasteiger partial charge on any atom is 0.241 e. The number of rotatable bonds is 8. The van der Waals surface area contributed by atoms with E-state index in [1.807, 2.05) is 44.2 Å². The van der Waals surface area contributed by atoms with Crippen molar-refractivity contribution in [2.75, 3.05) is 18.5 Å². The summed E-state index contributed by atoms with van der Waals surface area (Å²) in [4.78, 5) is 12.1. The molecule has 0 aliphatic rings. The van der Waals surface area contributed by atoms with Crippen LogP contribution in [0.3, 0.4) is 0 Å². The zero-order valence-electron chi connectivity index (χ0n) is 12.8. The summed E-state index contributed by atoms with van der Waals surface area (Å²) in [5.41, 5.74) is 0.817. The molecule has 0 fully saturated rings. The number of ether oxygens (including phenoxy) is 1. The third-order valence-corrected chi connectivity index (χ3v) is 3.20. The number of para-hydroxylation sites is 1. The molecule has 1 rings (SSSR count). The van der Waals surface area contributed by atoms with Gasteiger partial charge in [-0.15, -0.1) is 0 Å². The average molecular weight is 278 g/mol. The predicted octanol–water partition coefficient (Wildman–Crippen LogP) is 2.66. The molecule has 0 aliphatic carbocycles. The zero-order chi connectivity index (χ0) is 15.0. The van der Waals surface area contributed by atoms with Gasteiger partial charge in [0.25, 0.3) is 0 Å². The minimum absolute atomic E-state index is 0.0293. The Morgan fingerprint density at radius 3 is 2.40 bits per heavy atom. The van der Waals surface area contributed by atoms with Gasteiger partial charge in [0, 0.05) is 18.3 Å². The fourth-order valence-electron chi connectivity index (χ4n) is 1.85. The van der Waals surface area contributed by atoms with E-state index in [-0.39, 0.29) is 18.0 Å². The van der Waals surface area contributed by atoms with E-state index in [0.29, 0.717) is 19.1 Å². The van der Waals surface area contributed by atoms with Crippen LogP contribution in [0.1, 0.15) is 27.7 Å². The highest BCUT2D eigenvalue weighted by Crippen LogP contribution is 2.07. The minimum atomic E-state index is -0.261. The van der Waals surface area contributed by atoms with Gasteiger partial charge in [-0.05, 0) is 31.9 Å². The first-order chi connectivity index (χ1) is 9.54. The first-order valence-electron chi connectivity index (χ1n) is 7.24. The minimum Gasteiger partial charge on any atom is -0.380 e. The highest BCUT2D eigenvalue weighted by Gasteiger charge is 2.20. The van der Waals surface area contributed by atoms with Crippen molar-refractivity contribution in [3.8, 4) is 0 Å². The third-order valence-electron chi connectivity index (χ3n) is 3.20. The van der Waals surface area contributed by atoms with Crippen molar-refractivity contribution in [1.82, 2.24) is 5.32 Å². The van der Waals surface area contributed by atoms with E-state index in [4.69, 9.17) is 4.74 Å². The molecule has 1 aromatic rings. The smallest absolute Gasteiger partial charge is 0.241 e. The van der Waals surface area contributed by atoms with E-state index in [1.54, 1.807) is 0 Å². The van der Waals surface area contributed by atoms with Gasteiger partial charge < -0.3 is 15.4 Å². The standard InChI is InChI=1S/C16H26N2O2/c1-5-20-11-15(12(2)3)17-13(4)16(19)18-14-9-7-6-8-10-14/h6-10,12-13,15,17H,5,11H2,1-4H3,(H,18,19). The number of benzene rings is 1. The van der Waals surface area contributed by atoms with Crippen LogP contribution in [0.4, 0.5) is 5.69 Å². The molecule has 1 aromatic carbocycles. The van der Waals surface area contributed by atoms with Gasteiger partial charge in [0.05, 0.1) is 12.6 Å². The topological polar surface area (TPSA) is 50.4 Å². The van der Waals surface area contributed by atoms with E-state index in [1.165, 1.54) is 0 Å².